The molecule has 2 aromatic carbocycles. The molecule has 1 aliphatic rings. The number of benzene rings is 2. The molecule has 1 N–H and O–H groups in total. The molecule has 152 valence electrons. The van der Waals surface area contributed by atoms with Gasteiger partial charge < -0.3 is 4.98 Å². The maximum Gasteiger partial charge on any atom is 0.258 e. The minimum absolute atomic E-state index is 0.223. The molecule has 0 aliphatic carbocycles. The fourth-order valence-corrected chi connectivity index (χ4v) is 5.02. The highest BCUT2D eigenvalue weighted by Gasteiger charge is 2.30. The molecule has 3 aromatic rings. The SMILES string of the molecule is O=c1[nH]c(CN2CCN(S(=O)(=O)c3ccccc3F)CC2)nc2cc(Cl)ccc12. The Bertz CT molecular complexity index is 1220. The number of aromatic nitrogens is 2. The fourth-order valence-electron chi connectivity index (χ4n) is 3.37. The molecule has 0 unspecified atom stereocenters. The third-order valence-corrected chi connectivity index (χ3v) is 7.04. The zero-order chi connectivity index (χ0) is 20.6. The van der Waals surface area contributed by atoms with Crippen molar-refractivity contribution in [2.45, 2.75) is 11.4 Å². The quantitative estimate of drug-likeness (QED) is 0.677. The summed E-state index contributed by atoms with van der Waals surface area (Å²) in [6.45, 7) is 1.68. The van der Waals surface area contributed by atoms with Crippen molar-refractivity contribution < 1.29 is 12.8 Å². The summed E-state index contributed by atoms with van der Waals surface area (Å²) in [5.74, 6) is -0.276. The Morgan fingerprint density at radius 3 is 2.55 bits per heavy atom. The van der Waals surface area contributed by atoms with Crippen molar-refractivity contribution in [1.29, 1.82) is 0 Å². The molecule has 10 heteroatoms. The number of hydrogen-bond acceptors (Lipinski definition) is 5. The molecule has 0 atom stereocenters. The van der Waals surface area contributed by atoms with E-state index in [-0.39, 0.29) is 23.5 Å². The van der Waals surface area contributed by atoms with E-state index in [1.54, 1.807) is 18.2 Å². The first-order chi connectivity index (χ1) is 13.8. The zero-order valence-corrected chi connectivity index (χ0v) is 16.9. The van der Waals surface area contributed by atoms with Crippen LogP contribution in [-0.2, 0) is 16.6 Å². The monoisotopic (exact) mass is 436 g/mol. The predicted octanol–water partition coefficient (Wildman–Crippen LogP) is 2.22. The van der Waals surface area contributed by atoms with Gasteiger partial charge in [-0.2, -0.15) is 4.31 Å². The minimum Gasteiger partial charge on any atom is -0.309 e. The molecular weight excluding hydrogens is 419 g/mol. The molecule has 0 saturated carbocycles. The van der Waals surface area contributed by atoms with Crippen LogP contribution in [0.15, 0.2) is 52.2 Å². The summed E-state index contributed by atoms with van der Waals surface area (Å²) in [7, 11) is -3.89. The Labute approximate surface area is 171 Å². The zero-order valence-electron chi connectivity index (χ0n) is 15.3. The Balaban J connectivity index is 1.47. The number of rotatable bonds is 4. The number of halogens is 2. The van der Waals surface area contributed by atoms with Gasteiger partial charge in [-0.05, 0) is 30.3 Å². The summed E-state index contributed by atoms with van der Waals surface area (Å²) >= 11 is 5.98. The Morgan fingerprint density at radius 1 is 1.10 bits per heavy atom. The second kappa shape index (κ2) is 7.83. The van der Waals surface area contributed by atoms with E-state index in [1.807, 2.05) is 4.90 Å². The van der Waals surface area contributed by atoms with E-state index in [2.05, 4.69) is 9.97 Å². The summed E-state index contributed by atoms with van der Waals surface area (Å²) < 4.78 is 40.6. The molecule has 0 amide bonds. The molecule has 1 fully saturated rings. The lowest BCUT2D eigenvalue weighted by Crippen LogP contribution is -2.48. The van der Waals surface area contributed by atoms with Crippen LogP contribution >= 0.6 is 11.6 Å². The lowest BCUT2D eigenvalue weighted by molar-refractivity contribution is 0.178. The largest absolute Gasteiger partial charge is 0.309 e. The van der Waals surface area contributed by atoms with Gasteiger partial charge in [0.05, 0.1) is 17.4 Å². The van der Waals surface area contributed by atoms with Gasteiger partial charge in [0.15, 0.2) is 0 Å². The average Bonchev–Trinajstić information content (AvgIpc) is 2.68. The Kier molecular flexibility index (Phi) is 5.39. The van der Waals surface area contributed by atoms with Crippen LogP contribution in [0.5, 0.6) is 0 Å². The van der Waals surface area contributed by atoms with E-state index >= 15 is 0 Å². The number of nitrogens with one attached hydrogen (secondary N) is 1. The first-order valence-corrected chi connectivity index (χ1v) is 10.8. The second-order valence-corrected chi connectivity index (χ2v) is 9.13. The molecule has 4 rings (SSSR count). The highest BCUT2D eigenvalue weighted by Crippen LogP contribution is 2.21. The number of aromatic amines is 1. The van der Waals surface area contributed by atoms with E-state index in [0.717, 1.165) is 6.07 Å². The van der Waals surface area contributed by atoms with Crippen LogP contribution in [0.4, 0.5) is 4.39 Å². The number of piperazine rings is 1. The molecule has 1 aromatic heterocycles. The van der Waals surface area contributed by atoms with E-state index in [4.69, 9.17) is 11.6 Å². The summed E-state index contributed by atoms with van der Waals surface area (Å²) in [6, 6.07) is 10.3. The standard InChI is InChI=1S/C19H18ClFN4O3S/c20-13-5-6-14-16(11-13)22-18(23-19(14)26)12-24-7-9-25(10-8-24)29(27,28)17-4-2-1-3-15(17)21/h1-6,11H,7-10,12H2,(H,22,23,26). The number of hydrogen-bond donors (Lipinski definition) is 1. The summed E-state index contributed by atoms with van der Waals surface area (Å²) in [5.41, 5.74) is 0.263. The Morgan fingerprint density at radius 2 is 1.83 bits per heavy atom. The molecule has 1 aliphatic heterocycles. The normalized spacial score (nSPS) is 16.3. The molecule has 7 nitrogen and oxygen atoms in total. The van der Waals surface area contributed by atoms with Crippen LogP contribution < -0.4 is 5.56 Å². The van der Waals surface area contributed by atoms with Crippen LogP contribution in [0.1, 0.15) is 5.82 Å². The smallest absolute Gasteiger partial charge is 0.258 e. The van der Waals surface area contributed by atoms with E-state index in [0.29, 0.717) is 41.4 Å². The topological polar surface area (TPSA) is 86.4 Å². The van der Waals surface area contributed by atoms with Gasteiger partial charge in [0, 0.05) is 31.2 Å². The Hall–Kier alpha value is -2.33. The molecule has 0 radical (unpaired) electrons. The van der Waals surface area contributed by atoms with Crippen molar-refractivity contribution in [3.05, 3.63) is 69.5 Å². The van der Waals surface area contributed by atoms with E-state index in [9.17, 15) is 17.6 Å². The van der Waals surface area contributed by atoms with Gasteiger partial charge in [0.2, 0.25) is 10.0 Å². The van der Waals surface area contributed by atoms with E-state index < -0.39 is 15.8 Å². The van der Waals surface area contributed by atoms with Gasteiger partial charge >= 0.3 is 0 Å². The van der Waals surface area contributed by atoms with Crippen molar-refractivity contribution in [3.63, 3.8) is 0 Å². The summed E-state index contributed by atoms with van der Waals surface area (Å²) in [4.78, 5) is 21.1. The van der Waals surface area contributed by atoms with Crippen LogP contribution in [0.25, 0.3) is 10.9 Å². The maximum atomic E-state index is 13.9. The lowest BCUT2D eigenvalue weighted by Gasteiger charge is -2.33. The summed E-state index contributed by atoms with van der Waals surface area (Å²) in [6.07, 6.45) is 0. The third-order valence-electron chi connectivity index (χ3n) is 4.88. The van der Waals surface area contributed by atoms with Gasteiger partial charge in [-0.25, -0.2) is 17.8 Å². The number of nitrogens with zero attached hydrogens (tertiary/aromatic N) is 3. The predicted molar refractivity (Wildman–Crippen MR) is 108 cm³/mol. The summed E-state index contributed by atoms with van der Waals surface area (Å²) in [5, 5.41) is 0.951. The van der Waals surface area contributed by atoms with Crippen LogP contribution in [0.2, 0.25) is 5.02 Å². The number of fused-ring (bicyclic) bond motifs is 1. The van der Waals surface area contributed by atoms with Gasteiger partial charge in [-0.15, -0.1) is 0 Å². The van der Waals surface area contributed by atoms with Crippen molar-refractivity contribution in [2.75, 3.05) is 26.2 Å². The van der Waals surface area contributed by atoms with Crippen molar-refractivity contribution in [1.82, 2.24) is 19.2 Å². The molecule has 2 heterocycles. The number of H-pyrrole nitrogens is 1. The third kappa shape index (κ3) is 4.04. The first-order valence-electron chi connectivity index (χ1n) is 9.00. The second-order valence-electron chi connectivity index (χ2n) is 6.78. The molecule has 0 spiro atoms. The van der Waals surface area contributed by atoms with Crippen molar-refractivity contribution in [3.8, 4) is 0 Å². The number of sulfonamides is 1. The highest BCUT2D eigenvalue weighted by molar-refractivity contribution is 7.89. The molecule has 1 saturated heterocycles. The molecular formula is C19H18ClFN4O3S. The van der Waals surface area contributed by atoms with Gasteiger partial charge in [-0.1, -0.05) is 23.7 Å². The first kappa shape index (κ1) is 20.0. The van der Waals surface area contributed by atoms with Crippen LogP contribution in [-0.4, -0.2) is 53.8 Å². The highest BCUT2D eigenvalue weighted by atomic mass is 35.5. The fraction of sp³-hybridized carbons (Fsp3) is 0.263. The van der Waals surface area contributed by atoms with Gasteiger partial charge in [-0.3, -0.25) is 9.69 Å². The molecule has 0 bridgehead atoms. The van der Waals surface area contributed by atoms with Crippen molar-refractivity contribution in [2.24, 2.45) is 0 Å². The van der Waals surface area contributed by atoms with Gasteiger partial charge in [0.25, 0.3) is 5.56 Å². The van der Waals surface area contributed by atoms with Crippen LogP contribution in [0.3, 0.4) is 0 Å². The lowest BCUT2D eigenvalue weighted by atomic mass is 10.2. The van der Waals surface area contributed by atoms with Crippen LogP contribution in [0, 0.1) is 5.82 Å². The van der Waals surface area contributed by atoms with Crippen molar-refractivity contribution >= 4 is 32.5 Å². The minimum atomic E-state index is -3.89. The molecule has 29 heavy (non-hydrogen) atoms. The maximum absolute atomic E-state index is 13.9. The van der Waals surface area contributed by atoms with Gasteiger partial charge in [0.1, 0.15) is 16.5 Å². The van der Waals surface area contributed by atoms with E-state index in [1.165, 1.54) is 22.5 Å². The average molecular weight is 437 g/mol.